The van der Waals surface area contributed by atoms with Crippen LogP contribution in [-0.2, 0) is 4.79 Å². The summed E-state index contributed by atoms with van der Waals surface area (Å²) in [4.78, 5) is 16.6. The molecule has 1 N–H and O–H groups in total. The predicted octanol–water partition coefficient (Wildman–Crippen LogP) is 5.83. The van der Waals surface area contributed by atoms with Crippen LogP contribution in [-0.4, -0.2) is 16.1 Å². The van der Waals surface area contributed by atoms with E-state index in [1.165, 1.54) is 0 Å². The van der Waals surface area contributed by atoms with E-state index >= 15 is 0 Å². The van der Waals surface area contributed by atoms with E-state index in [2.05, 4.69) is 4.98 Å². The van der Waals surface area contributed by atoms with Gasteiger partial charge in [0.25, 0.3) is 0 Å². The van der Waals surface area contributed by atoms with Gasteiger partial charge in [0, 0.05) is 16.1 Å². The van der Waals surface area contributed by atoms with Gasteiger partial charge >= 0.3 is 5.97 Å². The Morgan fingerprint density at radius 3 is 2.56 bits per heavy atom. The van der Waals surface area contributed by atoms with Crippen molar-refractivity contribution in [2.24, 2.45) is 0 Å². The first-order chi connectivity index (χ1) is 12.0. The van der Waals surface area contributed by atoms with Crippen molar-refractivity contribution >= 4 is 28.5 Å². The van der Waals surface area contributed by atoms with Gasteiger partial charge in [-0.05, 0) is 48.2 Å². The molecule has 1 heterocycles. The third kappa shape index (κ3) is 3.38. The fraction of sp³-hybridized carbons (Fsp3) is 0.238. The molecule has 0 radical (unpaired) electrons. The molecule has 3 rings (SSSR count). The minimum absolute atomic E-state index is 0.573. The van der Waals surface area contributed by atoms with Crippen LogP contribution in [0.1, 0.15) is 36.9 Å². The zero-order valence-corrected chi connectivity index (χ0v) is 15.0. The van der Waals surface area contributed by atoms with Crippen molar-refractivity contribution in [1.82, 2.24) is 4.98 Å². The van der Waals surface area contributed by atoms with Crippen molar-refractivity contribution in [3.05, 3.63) is 64.8 Å². The molecule has 0 aliphatic carbocycles. The van der Waals surface area contributed by atoms with Crippen molar-refractivity contribution < 1.29 is 9.90 Å². The van der Waals surface area contributed by atoms with Crippen molar-refractivity contribution in [1.29, 1.82) is 0 Å². The summed E-state index contributed by atoms with van der Waals surface area (Å²) in [5.41, 5.74) is 4.28. The molecular formula is C21H20ClNO2. The number of nitrogens with zero attached hydrogens (tertiary/aromatic N) is 1. The third-order valence-electron chi connectivity index (χ3n) is 4.46. The van der Waals surface area contributed by atoms with Gasteiger partial charge in [0.2, 0.25) is 0 Å². The molecule has 4 heteroatoms. The first-order valence-electron chi connectivity index (χ1n) is 8.41. The molecule has 0 bridgehead atoms. The van der Waals surface area contributed by atoms with E-state index in [0.717, 1.165) is 39.7 Å². The average molecular weight is 354 g/mol. The maximum Gasteiger partial charge on any atom is 0.311 e. The second-order valence-corrected chi connectivity index (χ2v) is 6.63. The number of aryl methyl sites for hydroxylation is 1. The first kappa shape index (κ1) is 17.4. The van der Waals surface area contributed by atoms with Gasteiger partial charge in [-0.25, -0.2) is 0 Å². The van der Waals surface area contributed by atoms with Crippen LogP contribution < -0.4 is 0 Å². The second kappa shape index (κ2) is 7.24. The number of aliphatic carboxylic acids is 1. The van der Waals surface area contributed by atoms with E-state index in [-0.39, 0.29) is 0 Å². The molecule has 3 aromatic rings. The maximum absolute atomic E-state index is 12.0. The monoisotopic (exact) mass is 353 g/mol. The zero-order valence-electron chi connectivity index (χ0n) is 14.3. The van der Waals surface area contributed by atoms with Gasteiger partial charge in [-0.1, -0.05) is 55.3 Å². The third-order valence-corrected chi connectivity index (χ3v) is 4.70. The fourth-order valence-corrected chi connectivity index (χ4v) is 3.57. The van der Waals surface area contributed by atoms with Crippen LogP contribution in [0, 0.1) is 6.92 Å². The average Bonchev–Trinajstić information content (AvgIpc) is 2.60. The Kier molecular flexibility index (Phi) is 5.05. The van der Waals surface area contributed by atoms with Crippen molar-refractivity contribution in [2.45, 2.75) is 32.6 Å². The highest BCUT2D eigenvalue weighted by Crippen LogP contribution is 2.39. The molecule has 1 atom stereocenters. The molecule has 128 valence electrons. The molecule has 0 spiro atoms. The lowest BCUT2D eigenvalue weighted by atomic mass is 9.85. The number of halogens is 1. The molecule has 1 aromatic heterocycles. The van der Waals surface area contributed by atoms with Crippen LogP contribution in [0.25, 0.3) is 22.0 Å². The highest BCUT2D eigenvalue weighted by atomic mass is 35.5. The van der Waals surface area contributed by atoms with Gasteiger partial charge in [-0.3, -0.25) is 9.78 Å². The SMILES string of the molecule is CCC[C@H](C(=O)O)c1c(C)nc2ccc(Cl)cc2c1-c1ccccc1. The van der Waals surface area contributed by atoms with Crippen molar-refractivity contribution in [2.75, 3.05) is 0 Å². The standard InChI is InChI=1S/C21H20ClNO2/c1-3-7-16(21(24)25)19-13(2)23-18-11-10-15(22)12-17(18)20(19)14-8-5-4-6-9-14/h4-6,8-12,16H,3,7H2,1-2H3,(H,24,25)/t16-/m0/s1. The summed E-state index contributed by atoms with van der Waals surface area (Å²) in [5, 5.41) is 11.3. The van der Waals surface area contributed by atoms with Crippen LogP contribution in [0.5, 0.6) is 0 Å². The van der Waals surface area contributed by atoms with Crippen molar-refractivity contribution in [3.8, 4) is 11.1 Å². The summed E-state index contributed by atoms with van der Waals surface area (Å²) < 4.78 is 0. The zero-order chi connectivity index (χ0) is 18.0. The summed E-state index contributed by atoms with van der Waals surface area (Å²) in [6.45, 7) is 3.89. The molecule has 2 aromatic carbocycles. The molecule has 0 fully saturated rings. The molecule has 0 unspecified atom stereocenters. The van der Waals surface area contributed by atoms with E-state index in [9.17, 15) is 9.90 Å². The van der Waals surface area contributed by atoms with Gasteiger partial charge in [-0.15, -0.1) is 0 Å². The normalized spacial score (nSPS) is 12.3. The maximum atomic E-state index is 12.0. The minimum atomic E-state index is -0.815. The number of carboxylic acid groups (broad SMARTS) is 1. The number of benzene rings is 2. The van der Waals surface area contributed by atoms with Gasteiger partial charge in [0.05, 0.1) is 11.4 Å². The summed E-state index contributed by atoms with van der Waals surface area (Å²) in [7, 11) is 0. The first-order valence-corrected chi connectivity index (χ1v) is 8.78. The second-order valence-electron chi connectivity index (χ2n) is 6.19. The number of pyridine rings is 1. The number of hydrogen-bond acceptors (Lipinski definition) is 2. The number of carboxylic acids is 1. The number of hydrogen-bond donors (Lipinski definition) is 1. The summed E-state index contributed by atoms with van der Waals surface area (Å²) in [6, 6.07) is 15.4. The predicted molar refractivity (Wildman–Crippen MR) is 102 cm³/mol. The summed E-state index contributed by atoms with van der Waals surface area (Å²) in [5.74, 6) is -1.40. The molecule has 0 aliphatic heterocycles. The van der Waals surface area contributed by atoms with Crippen LogP contribution >= 0.6 is 11.6 Å². The lowest BCUT2D eigenvalue weighted by Crippen LogP contribution is -2.15. The Morgan fingerprint density at radius 1 is 1.20 bits per heavy atom. The molecule has 3 nitrogen and oxygen atoms in total. The van der Waals surface area contributed by atoms with Gasteiger partial charge in [0.1, 0.15) is 0 Å². The highest BCUT2D eigenvalue weighted by Gasteiger charge is 2.26. The minimum Gasteiger partial charge on any atom is -0.481 e. The Morgan fingerprint density at radius 2 is 1.92 bits per heavy atom. The summed E-state index contributed by atoms with van der Waals surface area (Å²) in [6.07, 6.45) is 1.36. The van der Waals surface area contributed by atoms with Crippen LogP contribution in [0.4, 0.5) is 0 Å². The van der Waals surface area contributed by atoms with Gasteiger partial charge in [0.15, 0.2) is 0 Å². The Bertz CT molecular complexity index is 922. The molecule has 25 heavy (non-hydrogen) atoms. The quantitative estimate of drug-likeness (QED) is 0.627. The van der Waals surface area contributed by atoms with E-state index < -0.39 is 11.9 Å². The number of rotatable bonds is 5. The molecule has 0 aliphatic rings. The summed E-state index contributed by atoms with van der Waals surface area (Å²) >= 11 is 6.23. The van der Waals surface area contributed by atoms with Crippen LogP contribution in [0.15, 0.2) is 48.5 Å². The lowest BCUT2D eigenvalue weighted by molar-refractivity contribution is -0.139. The fourth-order valence-electron chi connectivity index (χ4n) is 3.40. The number of carbonyl (C=O) groups is 1. The van der Waals surface area contributed by atoms with Crippen molar-refractivity contribution in [3.63, 3.8) is 0 Å². The lowest BCUT2D eigenvalue weighted by Gasteiger charge is -2.21. The molecule has 0 saturated heterocycles. The molecule has 0 saturated carbocycles. The van der Waals surface area contributed by atoms with Gasteiger partial charge < -0.3 is 5.11 Å². The van der Waals surface area contributed by atoms with E-state index in [1.54, 1.807) is 0 Å². The Labute approximate surface area is 152 Å². The van der Waals surface area contributed by atoms with Crippen LogP contribution in [0.2, 0.25) is 5.02 Å². The van der Waals surface area contributed by atoms with Crippen LogP contribution in [0.3, 0.4) is 0 Å². The van der Waals surface area contributed by atoms with E-state index in [4.69, 9.17) is 11.6 Å². The Balaban J connectivity index is 2.42. The van der Waals surface area contributed by atoms with E-state index in [1.807, 2.05) is 62.4 Å². The largest absolute Gasteiger partial charge is 0.481 e. The topological polar surface area (TPSA) is 50.2 Å². The smallest absolute Gasteiger partial charge is 0.311 e. The van der Waals surface area contributed by atoms with E-state index in [0.29, 0.717) is 11.4 Å². The van der Waals surface area contributed by atoms with Gasteiger partial charge in [-0.2, -0.15) is 0 Å². The molecular weight excluding hydrogens is 334 g/mol. The number of fused-ring (bicyclic) bond motifs is 1. The Hall–Kier alpha value is -2.39. The number of aromatic nitrogens is 1. The molecule has 0 amide bonds. The highest BCUT2D eigenvalue weighted by molar-refractivity contribution is 6.31.